The molecule has 2 aromatic rings. The van der Waals surface area contributed by atoms with Crippen LogP contribution in [-0.4, -0.2) is 59.9 Å². The van der Waals surface area contributed by atoms with Gasteiger partial charge in [-0.15, -0.1) is 0 Å². The molecule has 1 saturated carbocycles. The van der Waals surface area contributed by atoms with Crippen molar-refractivity contribution < 1.29 is 17.7 Å². The van der Waals surface area contributed by atoms with Crippen molar-refractivity contribution in [3.63, 3.8) is 0 Å². The number of aromatic nitrogens is 1. The van der Waals surface area contributed by atoms with Gasteiger partial charge >= 0.3 is 0 Å². The molecule has 1 aliphatic carbocycles. The zero-order valence-electron chi connectivity index (χ0n) is 19.4. The van der Waals surface area contributed by atoms with Crippen molar-refractivity contribution in [1.29, 1.82) is 0 Å². The van der Waals surface area contributed by atoms with E-state index in [1.165, 1.54) is 12.8 Å². The Morgan fingerprint density at radius 2 is 1.71 bits per heavy atom. The number of carbonyl (C=O) groups is 1. The normalized spacial score (nSPS) is 27.8. The van der Waals surface area contributed by atoms with E-state index in [2.05, 4.69) is 15.4 Å². The second-order valence-corrected chi connectivity index (χ2v) is 12.2. The Labute approximate surface area is 200 Å². The van der Waals surface area contributed by atoms with Crippen molar-refractivity contribution in [2.45, 2.75) is 86.9 Å². The molecule has 1 aromatic heterocycles. The highest BCUT2D eigenvalue weighted by Gasteiger charge is 2.47. The van der Waals surface area contributed by atoms with Crippen LogP contribution in [0.15, 0.2) is 39.8 Å². The fourth-order valence-electron chi connectivity index (χ4n) is 5.95. The summed E-state index contributed by atoms with van der Waals surface area (Å²) >= 11 is 0. The van der Waals surface area contributed by atoms with E-state index in [9.17, 15) is 13.2 Å². The van der Waals surface area contributed by atoms with Gasteiger partial charge in [0.15, 0.2) is 5.69 Å². The fourth-order valence-corrected chi connectivity index (χ4v) is 7.84. The van der Waals surface area contributed by atoms with Gasteiger partial charge in [-0.3, -0.25) is 9.69 Å². The van der Waals surface area contributed by atoms with Crippen molar-refractivity contribution in [2.75, 3.05) is 13.1 Å². The van der Waals surface area contributed by atoms with Gasteiger partial charge in [-0.2, -0.15) is 4.31 Å². The molecular formula is C25H32N4O4S. The Hall–Kier alpha value is -2.23. The van der Waals surface area contributed by atoms with Crippen molar-refractivity contribution in [1.82, 2.24) is 19.7 Å². The van der Waals surface area contributed by atoms with Crippen molar-refractivity contribution in [3.05, 3.63) is 47.3 Å². The standard InChI is InChI=1S/C25H32N4O4S/c30-25(23-15-24(33-27-23)18-5-6-18)26-19-13-20-7-8-21(14-19)29(20)34(31,32)22-9-3-17(4-10-22)16-28-11-1-2-12-28/h3-4,9-10,15,18-21H,1-2,5-8,11-14,16H2,(H,26,30)/t19-,20+,21-. The van der Waals surface area contributed by atoms with Gasteiger partial charge in [-0.05, 0) is 82.2 Å². The number of benzene rings is 1. The maximum Gasteiger partial charge on any atom is 0.273 e. The summed E-state index contributed by atoms with van der Waals surface area (Å²) in [6.45, 7) is 3.12. The molecule has 0 unspecified atom stereocenters. The van der Waals surface area contributed by atoms with Crippen molar-refractivity contribution >= 4 is 15.9 Å². The first-order valence-electron chi connectivity index (χ1n) is 12.6. The molecule has 6 rings (SSSR count). The number of hydrogen-bond donors (Lipinski definition) is 1. The van der Waals surface area contributed by atoms with E-state index in [4.69, 9.17) is 4.52 Å². The first-order valence-corrected chi connectivity index (χ1v) is 14.0. The number of likely N-dealkylation sites (tertiary alicyclic amines) is 1. The molecule has 1 aromatic carbocycles. The summed E-state index contributed by atoms with van der Waals surface area (Å²) in [5, 5.41) is 7.01. The fraction of sp³-hybridized carbons (Fsp3) is 0.600. The molecule has 3 aliphatic heterocycles. The third-order valence-corrected chi connectivity index (χ3v) is 9.86. The molecule has 2 bridgehead atoms. The summed E-state index contributed by atoms with van der Waals surface area (Å²) < 4.78 is 34.1. The lowest BCUT2D eigenvalue weighted by Crippen LogP contribution is -2.52. The number of hydrogen-bond acceptors (Lipinski definition) is 6. The molecule has 3 saturated heterocycles. The van der Waals surface area contributed by atoms with Gasteiger partial charge < -0.3 is 9.84 Å². The third-order valence-electron chi connectivity index (χ3n) is 7.85. The number of carbonyl (C=O) groups excluding carboxylic acids is 1. The van der Waals surface area contributed by atoms with E-state index in [1.54, 1.807) is 22.5 Å². The predicted octanol–water partition coefficient (Wildman–Crippen LogP) is 3.26. The van der Waals surface area contributed by atoms with E-state index in [1.807, 2.05) is 12.1 Å². The van der Waals surface area contributed by atoms with Crippen LogP contribution in [0.5, 0.6) is 0 Å². The average molecular weight is 485 g/mol. The van der Waals surface area contributed by atoms with Crippen LogP contribution in [0.4, 0.5) is 0 Å². The molecule has 1 amide bonds. The summed E-state index contributed by atoms with van der Waals surface area (Å²) in [6, 6.07) is 8.94. The van der Waals surface area contributed by atoms with E-state index in [-0.39, 0.29) is 24.0 Å². The van der Waals surface area contributed by atoms with Crippen LogP contribution in [0.25, 0.3) is 0 Å². The minimum atomic E-state index is -3.57. The molecule has 9 heteroatoms. The highest BCUT2D eigenvalue weighted by atomic mass is 32.2. The predicted molar refractivity (Wildman–Crippen MR) is 126 cm³/mol. The minimum absolute atomic E-state index is 0.0552. The molecule has 182 valence electrons. The average Bonchev–Trinajstić information content (AvgIpc) is 3.20. The molecule has 4 fully saturated rings. The molecule has 3 atom stereocenters. The molecule has 8 nitrogen and oxygen atoms in total. The molecule has 34 heavy (non-hydrogen) atoms. The van der Waals surface area contributed by atoms with Gasteiger partial charge in [0.1, 0.15) is 5.76 Å². The quantitative estimate of drug-likeness (QED) is 0.648. The van der Waals surface area contributed by atoms with Gasteiger partial charge in [-0.25, -0.2) is 8.42 Å². The zero-order chi connectivity index (χ0) is 23.3. The number of nitrogens with one attached hydrogen (secondary N) is 1. The van der Waals surface area contributed by atoms with Gasteiger partial charge in [0.25, 0.3) is 5.91 Å². The maximum atomic E-state index is 13.5. The van der Waals surface area contributed by atoms with Crippen LogP contribution in [-0.2, 0) is 16.6 Å². The zero-order valence-corrected chi connectivity index (χ0v) is 20.2. The number of piperidine rings is 1. The summed E-state index contributed by atoms with van der Waals surface area (Å²) in [7, 11) is -3.57. The van der Waals surface area contributed by atoms with Gasteiger partial charge in [0, 0.05) is 36.7 Å². The summed E-state index contributed by atoms with van der Waals surface area (Å²) in [4.78, 5) is 15.5. The summed E-state index contributed by atoms with van der Waals surface area (Å²) in [5.74, 6) is 0.968. The molecule has 4 heterocycles. The lowest BCUT2D eigenvalue weighted by atomic mass is 9.99. The van der Waals surface area contributed by atoms with Crippen LogP contribution >= 0.6 is 0 Å². The second-order valence-electron chi connectivity index (χ2n) is 10.4. The number of fused-ring (bicyclic) bond motifs is 2. The molecular weight excluding hydrogens is 452 g/mol. The van der Waals surface area contributed by atoms with Crippen LogP contribution < -0.4 is 5.32 Å². The second kappa shape index (κ2) is 8.77. The Balaban J connectivity index is 1.10. The largest absolute Gasteiger partial charge is 0.360 e. The maximum absolute atomic E-state index is 13.5. The SMILES string of the molecule is O=C(N[C@H]1C[C@H]2CC[C@@H](C1)N2S(=O)(=O)c1ccc(CN2CCCC2)cc1)c1cc(C2CC2)on1. The first-order chi connectivity index (χ1) is 16.5. The molecule has 4 aliphatic rings. The number of amides is 1. The Bertz CT molecular complexity index is 1140. The van der Waals surface area contributed by atoms with E-state index >= 15 is 0 Å². The number of rotatable bonds is 7. The first kappa shape index (κ1) is 22.2. The third kappa shape index (κ3) is 4.29. The summed E-state index contributed by atoms with van der Waals surface area (Å²) in [5.41, 5.74) is 1.47. The highest BCUT2D eigenvalue weighted by molar-refractivity contribution is 7.89. The molecule has 1 N–H and O–H groups in total. The minimum Gasteiger partial charge on any atom is -0.360 e. The number of sulfonamides is 1. The Morgan fingerprint density at radius 1 is 1.03 bits per heavy atom. The van der Waals surface area contributed by atoms with E-state index in [0.717, 1.165) is 56.6 Å². The monoisotopic (exact) mass is 484 g/mol. The van der Waals surface area contributed by atoms with Crippen molar-refractivity contribution in [3.8, 4) is 0 Å². The highest BCUT2D eigenvalue weighted by Crippen LogP contribution is 2.41. The smallest absolute Gasteiger partial charge is 0.273 e. The van der Waals surface area contributed by atoms with E-state index in [0.29, 0.717) is 29.3 Å². The lowest BCUT2D eigenvalue weighted by molar-refractivity contribution is 0.0900. The summed E-state index contributed by atoms with van der Waals surface area (Å²) in [6.07, 6.45) is 7.58. The lowest BCUT2D eigenvalue weighted by Gasteiger charge is -2.38. The van der Waals surface area contributed by atoms with Crippen molar-refractivity contribution in [2.24, 2.45) is 0 Å². The van der Waals surface area contributed by atoms with Gasteiger partial charge in [0.05, 0.1) is 4.90 Å². The van der Waals surface area contributed by atoms with Crippen LogP contribution in [0.2, 0.25) is 0 Å². The molecule has 0 radical (unpaired) electrons. The Morgan fingerprint density at radius 3 is 2.35 bits per heavy atom. The Kier molecular flexibility index (Phi) is 5.74. The molecule has 0 spiro atoms. The van der Waals surface area contributed by atoms with Crippen LogP contribution in [0.3, 0.4) is 0 Å². The van der Waals surface area contributed by atoms with Gasteiger partial charge in [-0.1, -0.05) is 17.3 Å². The van der Waals surface area contributed by atoms with Crippen LogP contribution in [0, 0.1) is 0 Å². The van der Waals surface area contributed by atoms with E-state index < -0.39 is 10.0 Å². The number of nitrogens with zero attached hydrogens (tertiary/aromatic N) is 3. The van der Waals surface area contributed by atoms with Gasteiger partial charge in [0.2, 0.25) is 10.0 Å². The van der Waals surface area contributed by atoms with Crippen LogP contribution in [0.1, 0.15) is 79.1 Å². The topological polar surface area (TPSA) is 95.8 Å².